The third-order valence-corrected chi connectivity index (χ3v) is 6.16. The molecule has 0 fully saturated rings. The Balaban J connectivity index is 1.29. The Labute approximate surface area is 176 Å². The second-order valence-electron chi connectivity index (χ2n) is 6.38. The van der Waals surface area contributed by atoms with Gasteiger partial charge in [-0.15, -0.1) is 28.2 Å². The highest BCUT2D eigenvalue weighted by atomic mass is 32.2. The number of halogens is 1. The van der Waals surface area contributed by atoms with Crippen molar-refractivity contribution in [3.8, 4) is 11.4 Å². The number of rotatable bonds is 8. The lowest BCUT2D eigenvalue weighted by Crippen LogP contribution is -2.26. The first-order chi connectivity index (χ1) is 14.2. The fourth-order valence-electron chi connectivity index (χ4n) is 2.84. The molecule has 0 unspecified atom stereocenters. The number of nitrogens with zero attached hydrogens (tertiary/aromatic N) is 3. The summed E-state index contributed by atoms with van der Waals surface area (Å²) in [7, 11) is 0. The largest absolute Gasteiger partial charge is 0.356 e. The van der Waals surface area contributed by atoms with Crippen molar-refractivity contribution in [2.75, 3.05) is 12.3 Å². The number of hydrogen-bond donors (Lipinski definition) is 1. The van der Waals surface area contributed by atoms with Gasteiger partial charge in [0, 0.05) is 41.0 Å². The van der Waals surface area contributed by atoms with E-state index in [-0.39, 0.29) is 11.7 Å². The Hall–Kier alpha value is -2.71. The molecule has 0 radical (unpaired) electrons. The minimum absolute atomic E-state index is 0.0407. The Morgan fingerprint density at radius 3 is 2.86 bits per heavy atom. The van der Waals surface area contributed by atoms with Crippen LogP contribution in [0.3, 0.4) is 0 Å². The fourth-order valence-corrected chi connectivity index (χ4v) is 4.57. The Morgan fingerprint density at radius 1 is 1.17 bits per heavy atom. The molecule has 0 bridgehead atoms. The number of amides is 1. The minimum Gasteiger partial charge on any atom is -0.356 e. The van der Waals surface area contributed by atoms with Gasteiger partial charge < -0.3 is 5.32 Å². The van der Waals surface area contributed by atoms with Crippen molar-refractivity contribution < 1.29 is 9.18 Å². The summed E-state index contributed by atoms with van der Waals surface area (Å²) in [5.74, 6) is 0.978. The van der Waals surface area contributed by atoms with Crippen LogP contribution in [0.4, 0.5) is 4.39 Å². The summed E-state index contributed by atoms with van der Waals surface area (Å²) in [6.07, 6.45) is 1.13. The van der Waals surface area contributed by atoms with E-state index in [1.165, 1.54) is 28.4 Å². The van der Waals surface area contributed by atoms with Gasteiger partial charge in [-0.25, -0.2) is 8.91 Å². The van der Waals surface area contributed by atoms with Crippen LogP contribution in [0.25, 0.3) is 16.3 Å². The average molecular weight is 427 g/mol. The molecule has 29 heavy (non-hydrogen) atoms. The molecule has 0 aliphatic rings. The smallest absolute Gasteiger partial charge is 0.220 e. The van der Waals surface area contributed by atoms with E-state index in [4.69, 9.17) is 0 Å². The fraction of sp³-hybridized carbons (Fsp3) is 0.190. The average Bonchev–Trinajstić information content (AvgIpc) is 3.31. The van der Waals surface area contributed by atoms with Crippen molar-refractivity contribution >= 4 is 34.0 Å². The molecule has 0 spiro atoms. The predicted molar refractivity (Wildman–Crippen MR) is 115 cm³/mol. The molecule has 148 valence electrons. The van der Waals surface area contributed by atoms with Crippen molar-refractivity contribution in [2.45, 2.75) is 17.7 Å². The summed E-state index contributed by atoms with van der Waals surface area (Å²) in [6, 6.07) is 16.3. The van der Waals surface area contributed by atoms with Crippen LogP contribution in [-0.2, 0) is 11.2 Å². The van der Waals surface area contributed by atoms with Gasteiger partial charge in [-0.1, -0.05) is 30.3 Å². The number of benzene rings is 2. The number of fused-ring (bicyclic) bond motifs is 1. The summed E-state index contributed by atoms with van der Waals surface area (Å²) in [4.78, 5) is 18.4. The minimum atomic E-state index is -0.311. The van der Waals surface area contributed by atoms with Gasteiger partial charge in [0.05, 0.1) is 5.69 Å². The second-order valence-corrected chi connectivity index (χ2v) is 8.38. The van der Waals surface area contributed by atoms with Crippen LogP contribution in [0.1, 0.15) is 12.1 Å². The maximum atomic E-state index is 13.4. The van der Waals surface area contributed by atoms with E-state index in [2.05, 4.69) is 15.4 Å². The molecule has 4 aromatic rings. The van der Waals surface area contributed by atoms with E-state index in [9.17, 15) is 9.18 Å². The Morgan fingerprint density at radius 2 is 2.03 bits per heavy atom. The van der Waals surface area contributed by atoms with Crippen molar-refractivity contribution in [3.05, 3.63) is 71.5 Å². The van der Waals surface area contributed by atoms with Gasteiger partial charge in [0.15, 0.2) is 5.82 Å². The highest BCUT2D eigenvalue weighted by molar-refractivity contribution is 7.99. The van der Waals surface area contributed by atoms with E-state index in [1.54, 1.807) is 28.4 Å². The maximum absolute atomic E-state index is 13.4. The lowest BCUT2D eigenvalue weighted by Gasteiger charge is -2.05. The van der Waals surface area contributed by atoms with E-state index < -0.39 is 0 Å². The first-order valence-electron chi connectivity index (χ1n) is 9.23. The van der Waals surface area contributed by atoms with Crippen LogP contribution in [-0.4, -0.2) is 32.8 Å². The van der Waals surface area contributed by atoms with Gasteiger partial charge in [0.2, 0.25) is 10.9 Å². The van der Waals surface area contributed by atoms with Gasteiger partial charge in [-0.3, -0.25) is 4.79 Å². The molecular formula is C21H19FN4OS2. The molecule has 0 atom stereocenters. The SMILES string of the molecule is O=C(CCSc1ccccc1)NCCc1csc2nc(-c3cccc(F)c3)nn12. The molecule has 5 nitrogen and oxygen atoms in total. The van der Waals surface area contributed by atoms with Gasteiger partial charge in [0.25, 0.3) is 0 Å². The van der Waals surface area contributed by atoms with Crippen LogP contribution in [0.15, 0.2) is 64.9 Å². The van der Waals surface area contributed by atoms with Crippen molar-refractivity contribution in [1.82, 2.24) is 19.9 Å². The Bertz CT molecular complexity index is 1110. The van der Waals surface area contributed by atoms with Gasteiger partial charge in [-0.05, 0) is 24.3 Å². The number of carbonyl (C=O) groups is 1. The molecule has 2 aromatic heterocycles. The highest BCUT2D eigenvalue weighted by Crippen LogP contribution is 2.21. The molecule has 4 rings (SSSR count). The lowest BCUT2D eigenvalue weighted by molar-refractivity contribution is -0.120. The zero-order valence-corrected chi connectivity index (χ0v) is 17.2. The topological polar surface area (TPSA) is 59.3 Å². The van der Waals surface area contributed by atoms with E-state index in [0.717, 1.165) is 16.4 Å². The van der Waals surface area contributed by atoms with Crippen LogP contribution >= 0.6 is 23.1 Å². The summed E-state index contributed by atoms with van der Waals surface area (Å²) in [5, 5.41) is 9.45. The molecular weight excluding hydrogens is 407 g/mol. The molecule has 0 aliphatic carbocycles. The van der Waals surface area contributed by atoms with Crippen molar-refractivity contribution in [2.24, 2.45) is 0 Å². The second kappa shape index (κ2) is 9.19. The summed E-state index contributed by atoms with van der Waals surface area (Å²) < 4.78 is 15.2. The number of carbonyl (C=O) groups excluding carboxylic acids is 1. The molecule has 0 aliphatic heterocycles. The number of thiazole rings is 1. The standard InChI is InChI=1S/C21H19FN4OS2/c22-16-6-4-5-15(13-16)20-24-21-26(25-20)17(14-29-21)9-11-23-19(27)10-12-28-18-7-2-1-3-8-18/h1-8,13-14H,9-12H2,(H,23,27). The van der Waals surface area contributed by atoms with Crippen molar-refractivity contribution in [1.29, 1.82) is 0 Å². The van der Waals surface area contributed by atoms with Crippen LogP contribution < -0.4 is 5.32 Å². The van der Waals surface area contributed by atoms with E-state index in [0.29, 0.717) is 30.8 Å². The molecule has 2 aromatic carbocycles. The maximum Gasteiger partial charge on any atom is 0.220 e. The zero-order chi connectivity index (χ0) is 20.1. The number of aromatic nitrogens is 3. The summed E-state index contributed by atoms with van der Waals surface area (Å²) in [5.41, 5.74) is 1.62. The monoisotopic (exact) mass is 426 g/mol. The normalized spacial score (nSPS) is 11.1. The summed E-state index contributed by atoms with van der Waals surface area (Å²) >= 11 is 3.16. The Kier molecular flexibility index (Phi) is 6.21. The molecule has 1 N–H and O–H groups in total. The van der Waals surface area contributed by atoms with Gasteiger partial charge >= 0.3 is 0 Å². The third kappa shape index (κ3) is 5.02. The first kappa shape index (κ1) is 19.6. The quantitative estimate of drug-likeness (QED) is 0.423. The van der Waals surface area contributed by atoms with E-state index >= 15 is 0 Å². The molecule has 1 amide bonds. The van der Waals surface area contributed by atoms with Crippen LogP contribution in [0.2, 0.25) is 0 Å². The van der Waals surface area contributed by atoms with Crippen LogP contribution in [0, 0.1) is 5.82 Å². The molecule has 2 heterocycles. The zero-order valence-electron chi connectivity index (χ0n) is 15.5. The van der Waals surface area contributed by atoms with Gasteiger partial charge in [-0.2, -0.15) is 4.98 Å². The van der Waals surface area contributed by atoms with Crippen molar-refractivity contribution in [3.63, 3.8) is 0 Å². The number of nitrogens with one attached hydrogen (secondary N) is 1. The number of thioether (sulfide) groups is 1. The lowest BCUT2D eigenvalue weighted by atomic mass is 10.2. The van der Waals surface area contributed by atoms with E-state index in [1.807, 2.05) is 35.7 Å². The van der Waals surface area contributed by atoms with Crippen LogP contribution in [0.5, 0.6) is 0 Å². The highest BCUT2D eigenvalue weighted by Gasteiger charge is 2.12. The van der Waals surface area contributed by atoms with Gasteiger partial charge in [0.1, 0.15) is 5.82 Å². The number of hydrogen-bond acceptors (Lipinski definition) is 5. The third-order valence-electron chi connectivity index (χ3n) is 4.28. The molecule has 8 heteroatoms. The summed E-state index contributed by atoms with van der Waals surface area (Å²) in [6.45, 7) is 0.538. The first-order valence-corrected chi connectivity index (χ1v) is 11.1. The predicted octanol–water partition coefficient (Wildman–Crippen LogP) is 4.44. The molecule has 0 saturated heterocycles. The molecule has 0 saturated carbocycles.